The largest absolute Gasteiger partial charge is 0.507 e. The average molecular weight is 304 g/mol. The molecule has 22 heavy (non-hydrogen) atoms. The van der Waals surface area contributed by atoms with Crippen LogP contribution in [0.1, 0.15) is 67.8 Å². The van der Waals surface area contributed by atoms with Gasteiger partial charge in [0.1, 0.15) is 17.1 Å². The highest BCUT2D eigenvalue weighted by atomic mass is 16.5. The van der Waals surface area contributed by atoms with Crippen molar-refractivity contribution in [2.75, 3.05) is 0 Å². The fraction of sp³-hybridized carbons (Fsp3) is 0.556. The van der Waals surface area contributed by atoms with E-state index >= 15 is 0 Å². The first-order valence-corrected chi connectivity index (χ1v) is 8.11. The highest BCUT2D eigenvalue weighted by Gasteiger charge is 2.20. The maximum Gasteiger partial charge on any atom is 0.342 e. The molecule has 0 saturated carbocycles. The SMILES string of the molecule is C[C@H]1CCCC(=O)CCCCCc2cccc(O)c2C(=O)O1. The molecule has 0 aromatic heterocycles. The van der Waals surface area contributed by atoms with Gasteiger partial charge in [-0.15, -0.1) is 0 Å². The molecule has 1 aromatic rings. The van der Waals surface area contributed by atoms with Gasteiger partial charge in [-0.3, -0.25) is 4.79 Å². The number of carbonyl (C=O) groups excluding carboxylic acids is 2. The number of ether oxygens (including phenoxy) is 1. The molecule has 120 valence electrons. The summed E-state index contributed by atoms with van der Waals surface area (Å²) < 4.78 is 5.43. The van der Waals surface area contributed by atoms with Gasteiger partial charge in [0, 0.05) is 12.8 Å². The fourth-order valence-corrected chi connectivity index (χ4v) is 2.86. The van der Waals surface area contributed by atoms with Gasteiger partial charge in [0.2, 0.25) is 0 Å². The monoisotopic (exact) mass is 304 g/mol. The van der Waals surface area contributed by atoms with Gasteiger partial charge in [0.25, 0.3) is 0 Å². The number of hydrogen-bond acceptors (Lipinski definition) is 4. The molecule has 1 aromatic carbocycles. The molecule has 0 bridgehead atoms. The normalized spacial score (nSPS) is 21.6. The molecule has 1 heterocycles. The number of rotatable bonds is 0. The molecule has 0 saturated heterocycles. The van der Waals surface area contributed by atoms with Gasteiger partial charge in [-0.05, 0) is 50.7 Å². The van der Waals surface area contributed by atoms with Crippen molar-refractivity contribution in [3.63, 3.8) is 0 Å². The molecule has 1 aliphatic rings. The first-order valence-electron chi connectivity index (χ1n) is 8.11. The van der Waals surface area contributed by atoms with Crippen LogP contribution < -0.4 is 0 Å². The van der Waals surface area contributed by atoms with Crippen LogP contribution in [0.2, 0.25) is 0 Å². The van der Waals surface area contributed by atoms with E-state index in [1.165, 1.54) is 6.07 Å². The van der Waals surface area contributed by atoms with Gasteiger partial charge in [0.05, 0.1) is 6.10 Å². The van der Waals surface area contributed by atoms with Crippen molar-refractivity contribution in [1.29, 1.82) is 0 Å². The number of esters is 1. The lowest BCUT2D eigenvalue weighted by atomic mass is 9.98. The van der Waals surface area contributed by atoms with Gasteiger partial charge >= 0.3 is 5.97 Å². The van der Waals surface area contributed by atoms with Crippen LogP contribution in [-0.4, -0.2) is 23.0 Å². The van der Waals surface area contributed by atoms with Gasteiger partial charge in [-0.1, -0.05) is 18.6 Å². The fourth-order valence-electron chi connectivity index (χ4n) is 2.86. The number of fused-ring (bicyclic) bond motifs is 1. The number of hydrogen-bond donors (Lipinski definition) is 1. The molecule has 0 unspecified atom stereocenters. The van der Waals surface area contributed by atoms with Gasteiger partial charge in [-0.25, -0.2) is 4.79 Å². The number of benzene rings is 1. The second-order valence-electron chi connectivity index (χ2n) is 6.02. The topological polar surface area (TPSA) is 63.6 Å². The quantitative estimate of drug-likeness (QED) is 0.741. The number of phenolic OH excluding ortho intramolecular Hbond substituents is 1. The minimum atomic E-state index is -0.469. The lowest BCUT2D eigenvalue weighted by Gasteiger charge is -2.16. The second kappa shape index (κ2) is 7.97. The standard InChI is InChI=1S/C18H24O4/c1-13-7-5-11-15(19)10-4-2-3-8-14-9-6-12-16(20)17(14)18(21)22-13/h6,9,12-13,20H,2-5,7-8,10-11H2,1H3/t13-/m0/s1. The molecule has 2 rings (SSSR count). The maximum atomic E-state index is 12.3. The van der Waals surface area contributed by atoms with Crippen molar-refractivity contribution in [1.82, 2.24) is 0 Å². The van der Waals surface area contributed by atoms with E-state index in [1.807, 2.05) is 13.0 Å². The predicted molar refractivity (Wildman–Crippen MR) is 84.0 cm³/mol. The minimum absolute atomic E-state index is 0.0167. The summed E-state index contributed by atoms with van der Waals surface area (Å²) in [6, 6.07) is 5.13. The number of carbonyl (C=O) groups is 2. The Hall–Kier alpha value is -1.84. The first kappa shape index (κ1) is 16.5. The van der Waals surface area contributed by atoms with E-state index in [4.69, 9.17) is 4.74 Å². The Kier molecular flexibility index (Phi) is 5.99. The minimum Gasteiger partial charge on any atom is -0.507 e. The average Bonchev–Trinajstić information content (AvgIpc) is 2.46. The Balaban J connectivity index is 2.17. The number of aromatic hydroxyl groups is 1. The highest BCUT2D eigenvalue weighted by Crippen LogP contribution is 2.25. The van der Waals surface area contributed by atoms with Crippen molar-refractivity contribution >= 4 is 11.8 Å². The molecule has 0 fully saturated rings. The molecule has 0 spiro atoms. The summed E-state index contributed by atoms with van der Waals surface area (Å²) in [5, 5.41) is 10.0. The summed E-state index contributed by atoms with van der Waals surface area (Å²) in [4.78, 5) is 24.0. The second-order valence-corrected chi connectivity index (χ2v) is 6.02. The summed E-state index contributed by atoms with van der Waals surface area (Å²) >= 11 is 0. The highest BCUT2D eigenvalue weighted by molar-refractivity contribution is 5.94. The van der Waals surface area contributed by atoms with Crippen LogP contribution in [-0.2, 0) is 16.0 Å². The Morgan fingerprint density at radius 2 is 1.77 bits per heavy atom. The molecule has 1 atom stereocenters. The molecule has 0 amide bonds. The lowest BCUT2D eigenvalue weighted by Crippen LogP contribution is -2.17. The molecule has 4 nitrogen and oxygen atoms in total. The number of cyclic esters (lactones) is 1. The predicted octanol–water partition coefficient (Wildman–Crippen LogP) is 3.79. The number of Topliss-reactive ketones (excluding diaryl/α,β-unsaturated/α-hetero) is 1. The van der Waals surface area contributed by atoms with Crippen LogP contribution in [0, 0.1) is 0 Å². The molecule has 4 heteroatoms. The zero-order valence-electron chi connectivity index (χ0n) is 13.1. The smallest absolute Gasteiger partial charge is 0.342 e. The summed E-state index contributed by atoms with van der Waals surface area (Å²) in [5.74, 6) is -0.186. The molecule has 1 aliphatic heterocycles. The molecule has 1 N–H and O–H groups in total. The molecular weight excluding hydrogens is 280 g/mol. The van der Waals surface area contributed by atoms with Crippen molar-refractivity contribution in [3.8, 4) is 5.75 Å². The zero-order chi connectivity index (χ0) is 15.9. The van der Waals surface area contributed by atoms with Crippen LogP contribution >= 0.6 is 0 Å². The van der Waals surface area contributed by atoms with Crippen LogP contribution in [0.25, 0.3) is 0 Å². The maximum absolute atomic E-state index is 12.3. The van der Waals surface area contributed by atoms with E-state index in [0.29, 0.717) is 37.0 Å². The van der Waals surface area contributed by atoms with Crippen LogP contribution in [0.15, 0.2) is 18.2 Å². The van der Waals surface area contributed by atoms with Crippen LogP contribution in [0.5, 0.6) is 5.75 Å². The summed E-state index contributed by atoms with van der Waals surface area (Å²) in [6.45, 7) is 1.83. The van der Waals surface area contributed by atoms with Crippen LogP contribution in [0.4, 0.5) is 0 Å². The molecule has 0 radical (unpaired) electrons. The van der Waals surface area contributed by atoms with Crippen molar-refractivity contribution in [2.45, 2.75) is 64.4 Å². The van der Waals surface area contributed by atoms with Crippen molar-refractivity contribution < 1.29 is 19.4 Å². The van der Waals surface area contributed by atoms with E-state index in [-0.39, 0.29) is 11.9 Å². The third kappa shape index (κ3) is 4.58. The van der Waals surface area contributed by atoms with Gasteiger partial charge in [0.15, 0.2) is 0 Å². The Labute approximate surface area is 131 Å². The molecular formula is C18H24O4. The molecule has 0 aliphatic carbocycles. The number of aryl methyl sites for hydroxylation is 1. The Bertz CT molecular complexity index is 536. The first-order chi connectivity index (χ1) is 10.6. The van der Waals surface area contributed by atoms with E-state index in [9.17, 15) is 14.7 Å². The Morgan fingerprint density at radius 1 is 1.05 bits per heavy atom. The zero-order valence-corrected chi connectivity index (χ0v) is 13.1. The summed E-state index contributed by atoms with van der Waals surface area (Å²) in [7, 11) is 0. The lowest BCUT2D eigenvalue weighted by molar-refractivity contribution is -0.119. The number of ketones is 1. The third-order valence-corrected chi connectivity index (χ3v) is 4.11. The van der Waals surface area contributed by atoms with Crippen LogP contribution in [0.3, 0.4) is 0 Å². The van der Waals surface area contributed by atoms with Gasteiger partial charge in [-0.2, -0.15) is 0 Å². The van der Waals surface area contributed by atoms with E-state index in [2.05, 4.69) is 0 Å². The third-order valence-electron chi connectivity index (χ3n) is 4.11. The van der Waals surface area contributed by atoms with Gasteiger partial charge < -0.3 is 9.84 Å². The Morgan fingerprint density at radius 3 is 2.59 bits per heavy atom. The van der Waals surface area contributed by atoms with E-state index in [0.717, 1.165) is 31.2 Å². The summed E-state index contributed by atoms with van der Waals surface area (Å²) in [5.41, 5.74) is 1.11. The number of phenols is 1. The summed E-state index contributed by atoms with van der Waals surface area (Å²) in [6.07, 6.45) is 5.80. The van der Waals surface area contributed by atoms with E-state index < -0.39 is 5.97 Å². The van der Waals surface area contributed by atoms with E-state index in [1.54, 1.807) is 6.07 Å². The van der Waals surface area contributed by atoms with Crippen molar-refractivity contribution in [3.05, 3.63) is 29.3 Å². The van der Waals surface area contributed by atoms with Crippen molar-refractivity contribution in [2.24, 2.45) is 0 Å².